The normalized spacial score (nSPS) is 11.1. The number of halogens is 1. The number of benzene rings is 1. The van der Waals surface area contributed by atoms with Crippen molar-refractivity contribution in [2.45, 2.75) is 0 Å². The van der Waals surface area contributed by atoms with Crippen LogP contribution in [0.2, 0.25) is 5.02 Å². The van der Waals surface area contributed by atoms with Crippen LogP contribution in [0.1, 0.15) is 0 Å². The minimum Gasteiger partial charge on any atom is -0.376 e. The fourth-order valence-electron chi connectivity index (χ4n) is 0.787. The highest BCUT2D eigenvalue weighted by Crippen LogP contribution is 2.23. The summed E-state index contributed by atoms with van der Waals surface area (Å²) in [5.41, 5.74) is 10.4. The third-order valence-electron chi connectivity index (χ3n) is 1.29. The Balaban J connectivity index is 2.86. The number of amides is 1. The first-order valence-electron chi connectivity index (χ1n) is 3.65. The molecular weight excluding hydrogens is 206 g/mol. The minimum absolute atomic E-state index is 0.342. The Morgan fingerprint density at radius 3 is 2.57 bits per heavy atom. The quantitative estimate of drug-likeness (QED) is 0.545. The van der Waals surface area contributed by atoms with Crippen LogP contribution in [0.3, 0.4) is 0 Å². The molecule has 0 bridgehead atoms. The highest BCUT2D eigenvalue weighted by Gasteiger charge is 2.01. The van der Waals surface area contributed by atoms with E-state index in [1.807, 2.05) is 0 Å². The van der Waals surface area contributed by atoms with Crippen molar-refractivity contribution in [1.82, 2.24) is 0 Å². The lowest BCUT2D eigenvalue weighted by Gasteiger charge is -2.00. The topological polar surface area (TPSA) is 90.7 Å². The molecule has 6 heteroatoms. The van der Waals surface area contributed by atoms with E-state index in [2.05, 4.69) is 9.73 Å². The summed E-state index contributed by atoms with van der Waals surface area (Å²) in [6.45, 7) is 0. The van der Waals surface area contributed by atoms with Crippen molar-refractivity contribution in [2.75, 3.05) is 0 Å². The predicted molar refractivity (Wildman–Crippen MR) is 53.4 cm³/mol. The zero-order valence-electron chi connectivity index (χ0n) is 7.11. The van der Waals surface area contributed by atoms with E-state index in [1.165, 1.54) is 0 Å². The van der Waals surface area contributed by atoms with Crippen molar-refractivity contribution in [2.24, 2.45) is 16.5 Å². The van der Waals surface area contributed by atoms with Gasteiger partial charge in [0.25, 0.3) is 6.02 Å². The van der Waals surface area contributed by atoms with Gasteiger partial charge in [0.1, 0.15) is 0 Å². The Kier molecular flexibility index (Phi) is 3.30. The fraction of sp³-hybridized carbons (Fsp3) is 0. The number of hydrogen-bond acceptors (Lipinski definition) is 3. The van der Waals surface area contributed by atoms with E-state index < -0.39 is 6.09 Å². The summed E-state index contributed by atoms with van der Waals surface area (Å²) in [4.78, 5) is 14.0. The number of nitrogens with zero attached hydrogens (tertiary/aromatic N) is 1. The monoisotopic (exact) mass is 213 g/mol. The van der Waals surface area contributed by atoms with Crippen molar-refractivity contribution < 1.29 is 9.53 Å². The summed E-state index contributed by atoms with van der Waals surface area (Å²) in [6, 6.07) is 6.39. The van der Waals surface area contributed by atoms with Gasteiger partial charge in [0, 0.05) is 0 Å². The third-order valence-corrected chi connectivity index (χ3v) is 1.61. The van der Waals surface area contributed by atoms with Crippen LogP contribution in [0.15, 0.2) is 29.3 Å². The van der Waals surface area contributed by atoms with Crippen LogP contribution < -0.4 is 11.5 Å². The number of amidine groups is 1. The van der Waals surface area contributed by atoms with E-state index >= 15 is 0 Å². The molecule has 14 heavy (non-hydrogen) atoms. The molecular formula is C8H8ClN3O2. The van der Waals surface area contributed by atoms with Crippen molar-refractivity contribution in [3.05, 3.63) is 29.3 Å². The van der Waals surface area contributed by atoms with Gasteiger partial charge in [-0.05, 0) is 12.1 Å². The van der Waals surface area contributed by atoms with Gasteiger partial charge in [-0.25, -0.2) is 4.79 Å². The maximum Gasteiger partial charge on any atom is 0.412 e. The summed E-state index contributed by atoms with van der Waals surface area (Å²) in [5, 5.41) is 0.406. The lowest BCUT2D eigenvalue weighted by molar-refractivity contribution is 0.207. The summed E-state index contributed by atoms with van der Waals surface area (Å²) in [5.74, 6) is 0. The lowest BCUT2D eigenvalue weighted by Crippen LogP contribution is -2.24. The Labute approximate surface area is 85.3 Å². The highest BCUT2D eigenvalue weighted by molar-refractivity contribution is 6.33. The molecule has 0 atom stereocenters. The van der Waals surface area contributed by atoms with Gasteiger partial charge in [-0.15, -0.1) is 0 Å². The number of aliphatic imine (C=N–C) groups is 1. The van der Waals surface area contributed by atoms with E-state index in [0.29, 0.717) is 10.7 Å². The molecule has 0 aliphatic heterocycles. The molecule has 0 fully saturated rings. The smallest absolute Gasteiger partial charge is 0.376 e. The van der Waals surface area contributed by atoms with E-state index in [4.69, 9.17) is 23.1 Å². The molecule has 1 amide bonds. The third kappa shape index (κ3) is 2.95. The molecule has 0 unspecified atom stereocenters. The molecule has 0 radical (unpaired) electrons. The van der Waals surface area contributed by atoms with Gasteiger partial charge < -0.3 is 16.2 Å². The molecule has 5 nitrogen and oxygen atoms in total. The lowest BCUT2D eigenvalue weighted by atomic mass is 10.3. The van der Waals surface area contributed by atoms with Crippen molar-refractivity contribution in [3.8, 4) is 0 Å². The molecule has 0 saturated heterocycles. The molecule has 1 rings (SSSR count). The molecule has 0 aliphatic carbocycles. The first kappa shape index (κ1) is 10.3. The zero-order valence-corrected chi connectivity index (χ0v) is 7.86. The van der Waals surface area contributed by atoms with Gasteiger partial charge in [0.2, 0.25) is 0 Å². The largest absolute Gasteiger partial charge is 0.412 e. The van der Waals surface area contributed by atoms with E-state index in [9.17, 15) is 4.79 Å². The second-order valence-electron chi connectivity index (χ2n) is 2.32. The second kappa shape index (κ2) is 4.48. The van der Waals surface area contributed by atoms with Crippen molar-refractivity contribution in [3.63, 3.8) is 0 Å². The molecule has 0 heterocycles. The van der Waals surface area contributed by atoms with E-state index in [1.54, 1.807) is 24.3 Å². The van der Waals surface area contributed by atoms with Gasteiger partial charge >= 0.3 is 6.09 Å². The van der Waals surface area contributed by atoms with Crippen LogP contribution in [0, 0.1) is 0 Å². The average molecular weight is 214 g/mol. The molecule has 74 valence electrons. The maximum atomic E-state index is 10.3. The van der Waals surface area contributed by atoms with Crippen LogP contribution in [0.25, 0.3) is 0 Å². The zero-order chi connectivity index (χ0) is 10.6. The SMILES string of the molecule is NC(=O)OC(N)=Nc1ccccc1Cl. The predicted octanol–water partition coefficient (Wildman–Crippen LogP) is 1.38. The Bertz CT molecular complexity index is 379. The number of nitrogens with two attached hydrogens (primary N) is 2. The number of rotatable bonds is 1. The second-order valence-corrected chi connectivity index (χ2v) is 2.73. The molecule has 0 aliphatic rings. The summed E-state index contributed by atoms with van der Waals surface area (Å²) >= 11 is 5.77. The van der Waals surface area contributed by atoms with Crippen molar-refractivity contribution in [1.29, 1.82) is 0 Å². The molecule has 4 N–H and O–H groups in total. The van der Waals surface area contributed by atoms with E-state index in [0.717, 1.165) is 0 Å². The summed E-state index contributed by atoms with van der Waals surface area (Å²) < 4.78 is 4.32. The number of ether oxygens (including phenoxy) is 1. The van der Waals surface area contributed by atoms with Gasteiger partial charge in [-0.1, -0.05) is 23.7 Å². The van der Waals surface area contributed by atoms with Gasteiger partial charge in [0.15, 0.2) is 0 Å². The standard InChI is InChI=1S/C8H8ClN3O2/c9-5-3-1-2-4-6(5)12-7(10)14-8(11)13/h1-4H,(H2,10,12)(H2,11,13). The number of carbonyl (C=O) groups excluding carboxylic acids is 1. The first-order valence-corrected chi connectivity index (χ1v) is 4.03. The number of primary amides is 1. The Hall–Kier alpha value is -1.75. The molecule has 0 spiro atoms. The first-order chi connectivity index (χ1) is 6.59. The minimum atomic E-state index is -1.02. The van der Waals surface area contributed by atoms with Gasteiger partial charge in [-0.3, -0.25) is 0 Å². The summed E-state index contributed by atoms with van der Waals surface area (Å²) in [6.07, 6.45) is -1.02. The van der Waals surface area contributed by atoms with Crippen LogP contribution in [0.5, 0.6) is 0 Å². The van der Waals surface area contributed by atoms with Crippen LogP contribution >= 0.6 is 11.6 Å². The molecule has 0 aromatic heterocycles. The molecule has 1 aromatic carbocycles. The Morgan fingerprint density at radius 2 is 2.00 bits per heavy atom. The molecule has 0 saturated carbocycles. The van der Waals surface area contributed by atoms with Gasteiger partial charge in [0.05, 0.1) is 10.7 Å². The number of carbonyl (C=O) groups is 1. The highest BCUT2D eigenvalue weighted by atomic mass is 35.5. The maximum absolute atomic E-state index is 10.3. The van der Waals surface area contributed by atoms with Crippen LogP contribution in [0.4, 0.5) is 10.5 Å². The fourth-order valence-corrected chi connectivity index (χ4v) is 0.965. The molecule has 1 aromatic rings. The van der Waals surface area contributed by atoms with Gasteiger partial charge in [-0.2, -0.15) is 4.99 Å². The van der Waals surface area contributed by atoms with E-state index in [-0.39, 0.29) is 6.02 Å². The van der Waals surface area contributed by atoms with Crippen LogP contribution in [-0.2, 0) is 4.74 Å². The number of hydrogen-bond donors (Lipinski definition) is 2. The number of para-hydroxylation sites is 1. The van der Waals surface area contributed by atoms with Crippen molar-refractivity contribution >= 4 is 29.4 Å². The summed E-state index contributed by atoms with van der Waals surface area (Å²) in [7, 11) is 0. The Morgan fingerprint density at radius 1 is 1.36 bits per heavy atom. The average Bonchev–Trinajstić information content (AvgIpc) is 2.07. The van der Waals surface area contributed by atoms with Crippen LogP contribution in [-0.4, -0.2) is 12.1 Å².